The summed E-state index contributed by atoms with van der Waals surface area (Å²) in [7, 11) is 0. The third-order valence-electron chi connectivity index (χ3n) is 8.68. The zero-order valence-electron chi connectivity index (χ0n) is 24.8. The average Bonchev–Trinajstić information content (AvgIpc) is 3.55. The highest BCUT2D eigenvalue weighted by Gasteiger charge is 2.49. The summed E-state index contributed by atoms with van der Waals surface area (Å²) in [5, 5.41) is 11.4. The molecule has 10 heteroatoms. The summed E-state index contributed by atoms with van der Waals surface area (Å²) in [5.74, 6) is 0.917. The van der Waals surface area contributed by atoms with Crippen molar-refractivity contribution >= 4 is 27.5 Å². The number of hydrogen-bond acceptors (Lipinski definition) is 7. The molecule has 0 aliphatic carbocycles. The maximum Gasteiger partial charge on any atom is 0.319 e. The number of aromatic hydroxyl groups is 1. The van der Waals surface area contributed by atoms with Gasteiger partial charge >= 0.3 is 6.01 Å². The number of terminal acetylenes is 1. The molecule has 7 rings (SSSR count). The van der Waals surface area contributed by atoms with Gasteiger partial charge in [-0.15, -0.1) is 6.42 Å². The fraction of sp³-hybridized carbons (Fsp3) is 0.406. The highest BCUT2D eigenvalue weighted by atomic mass is 19.1. The molecule has 0 radical (unpaired) electrons. The highest BCUT2D eigenvalue weighted by molar-refractivity contribution is 6.03. The molecule has 7 nitrogen and oxygen atoms in total. The van der Waals surface area contributed by atoms with Gasteiger partial charge in [0.25, 0.3) is 0 Å². The van der Waals surface area contributed by atoms with Gasteiger partial charge in [0, 0.05) is 43.2 Å². The van der Waals surface area contributed by atoms with Crippen LogP contribution in [0.15, 0.2) is 30.5 Å². The first-order valence-electron chi connectivity index (χ1n) is 15.2. The van der Waals surface area contributed by atoms with Gasteiger partial charge in [0.05, 0.1) is 19.2 Å². The Morgan fingerprint density at radius 1 is 1.14 bits per heavy atom. The molecule has 0 saturated carbocycles. The fourth-order valence-electron chi connectivity index (χ4n) is 6.75. The number of fused-ring (bicyclic) bond motifs is 3. The summed E-state index contributed by atoms with van der Waals surface area (Å²) < 4.78 is 69.8. The molecule has 0 spiro atoms. The molecule has 1 N–H and O–H groups in total. The molecule has 42 heavy (non-hydrogen) atoms. The standard InChI is InChI=1S/C32H30F3N5O2/c1-2-22-25(34)8-7-19-13-21(41)14-23(26(19)22)28-27(35)29-24(16-36-28)30(39-10-4-3-5-11-39)38-31(37-29)42-18-32-9-6-12-40(32)17-20(33)15-32/h1,7-8,13-14,16,20,41H,3-6,9-12,15,17-18H2/t20-,32+/m1/s1/i18D2. The Labute approximate surface area is 244 Å². The van der Waals surface area contributed by atoms with E-state index in [0.717, 1.165) is 19.3 Å². The van der Waals surface area contributed by atoms with Crippen LogP contribution in [0.3, 0.4) is 0 Å². The molecule has 3 aliphatic heterocycles. The minimum atomic E-state index is -2.37. The topological polar surface area (TPSA) is 74.6 Å². The van der Waals surface area contributed by atoms with Crippen LogP contribution >= 0.6 is 0 Å². The molecule has 2 aromatic heterocycles. The Bertz CT molecular complexity index is 1850. The van der Waals surface area contributed by atoms with Crippen molar-refractivity contribution in [1.82, 2.24) is 19.9 Å². The lowest BCUT2D eigenvalue weighted by atomic mass is 9.95. The number of phenols is 1. The summed E-state index contributed by atoms with van der Waals surface area (Å²) in [5.41, 5.74) is -1.62. The number of piperidine rings is 1. The number of halogens is 3. The van der Waals surface area contributed by atoms with Crippen LogP contribution in [0, 0.1) is 24.0 Å². The fourth-order valence-corrected chi connectivity index (χ4v) is 6.75. The van der Waals surface area contributed by atoms with Crippen LogP contribution in [0.5, 0.6) is 11.8 Å². The van der Waals surface area contributed by atoms with Crippen molar-refractivity contribution in [3.8, 4) is 35.4 Å². The van der Waals surface area contributed by atoms with Gasteiger partial charge in [-0.1, -0.05) is 12.0 Å². The normalized spacial score (nSPS) is 23.6. The molecule has 216 valence electrons. The second-order valence-electron chi connectivity index (χ2n) is 11.3. The van der Waals surface area contributed by atoms with Crippen molar-refractivity contribution in [2.24, 2.45) is 0 Å². The lowest BCUT2D eigenvalue weighted by molar-refractivity contribution is 0.107. The van der Waals surface area contributed by atoms with E-state index in [1.54, 1.807) is 4.90 Å². The molecule has 4 aromatic rings. The highest BCUT2D eigenvalue weighted by Crippen LogP contribution is 2.42. The summed E-state index contributed by atoms with van der Waals surface area (Å²) in [6, 6.07) is 4.92. The van der Waals surface area contributed by atoms with Gasteiger partial charge in [0.1, 0.15) is 41.3 Å². The van der Waals surface area contributed by atoms with Crippen LogP contribution in [-0.4, -0.2) is 69.4 Å². The summed E-state index contributed by atoms with van der Waals surface area (Å²) in [6.07, 6.45) is 9.78. The minimum Gasteiger partial charge on any atom is -0.508 e. The monoisotopic (exact) mass is 575 g/mol. The maximum atomic E-state index is 16.7. The van der Waals surface area contributed by atoms with Crippen molar-refractivity contribution in [1.29, 1.82) is 0 Å². The van der Waals surface area contributed by atoms with Crippen LogP contribution < -0.4 is 9.64 Å². The van der Waals surface area contributed by atoms with E-state index >= 15 is 4.39 Å². The number of phenolic OH excluding ortho intramolecular Hbond substituents is 1. The zero-order valence-corrected chi connectivity index (χ0v) is 22.8. The van der Waals surface area contributed by atoms with Gasteiger partial charge in [-0.05, 0) is 62.2 Å². The number of rotatable bonds is 5. The molecule has 2 atom stereocenters. The number of ether oxygens (including phenoxy) is 1. The summed E-state index contributed by atoms with van der Waals surface area (Å²) >= 11 is 0. The number of anilines is 1. The largest absolute Gasteiger partial charge is 0.508 e. The second kappa shape index (κ2) is 10.3. The summed E-state index contributed by atoms with van der Waals surface area (Å²) in [6.45, 7) is -0.398. The van der Waals surface area contributed by atoms with E-state index in [1.165, 1.54) is 30.5 Å². The predicted molar refractivity (Wildman–Crippen MR) is 154 cm³/mol. The van der Waals surface area contributed by atoms with Crippen LogP contribution in [-0.2, 0) is 0 Å². The summed E-state index contributed by atoms with van der Waals surface area (Å²) in [4.78, 5) is 17.1. The van der Waals surface area contributed by atoms with Gasteiger partial charge < -0.3 is 14.7 Å². The number of pyridine rings is 1. The van der Waals surface area contributed by atoms with Gasteiger partial charge in [-0.3, -0.25) is 9.88 Å². The average molecular weight is 576 g/mol. The van der Waals surface area contributed by atoms with Gasteiger partial charge in [-0.25, -0.2) is 13.2 Å². The first-order valence-corrected chi connectivity index (χ1v) is 14.2. The Kier molecular flexibility index (Phi) is 6.02. The third kappa shape index (κ3) is 4.38. The van der Waals surface area contributed by atoms with Gasteiger partial charge in [0.15, 0.2) is 5.82 Å². The Balaban J connectivity index is 1.42. The zero-order chi connectivity index (χ0) is 30.8. The number of aromatic nitrogens is 3. The molecule has 0 unspecified atom stereocenters. The number of nitrogens with zero attached hydrogens (tertiary/aromatic N) is 5. The first kappa shape index (κ1) is 24.5. The van der Waals surface area contributed by atoms with E-state index in [2.05, 4.69) is 20.9 Å². The Morgan fingerprint density at radius 3 is 2.79 bits per heavy atom. The van der Waals surface area contributed by atoms with Crippen molar-refractivity contribution in [2.45, 2.75) is 50.2 Å². The molecule has 5 heterocycles. The lowest BCUT2D eigenvalue weighted by Gasteiger charge is -2.31. The molecule has 0 amide bonds. The Hall–Kier alpha value is -4.10. The molecular weight excluding hydrogens is 543 g/mol. The minimum absolute atomic E-state index is 0.0202. The van der Waals surface area contributed by atoms with E-state index in [-0.39, 0.29) is 52.4 Å². The van der Waals surface area contributed by atoms with Crippen LogP contribution in [0.2, 0.25) is 0 Å². The van der Waals surface area contributed by atoms with E-state index in [4.69, 9.17) is 13.9 Å². The predicted octanol–water partition coefficient (Wildman–Crippen LogP) is 5.76. The van der Waals surface area contributed by atoms with E-state index in [9.17, 15) is 13.9 Å². The smallest absolute Gasteiger partial charge is 0.319 e. The number of alkyl halides is 1. The van der Waals surface area contributed by atoms with Crippen LogP contribution in [0.25, 0.3) is 32.9 Å². The molecule has 3 fully saturated rings. The van der Waals surface area contributed by atoms with Crippen molar-refractivity contribution in [3.63, 3.8) is 0 Å². The molecule has 2 aromatic carbocycles. The van der Waals surface area contributed by atoms with Crippen LogP contribution in [0.4, 0.5) is 19.0 Å². The quantitative estimate of drug-likeness (QED) is 0.304. The van der Waals surface area contributed by atoms with Crippen LogP contribution in [0.1, 0.15) is 46.8 Å². The lowest BCUT2D eigenvalue weighted by Crippen LogP contribution is -2.43. The number of benzene rings is 2. The van der Waals surface area contributed by atoms with E-state index in [1.807, 2.05) is 4.90 Å². The Morgan fingerprint density at radius 2 is 1.98 bits per heavy atom. The first-order chi connectivity index (χ1) is 21.1. The SMILES string of the molecule is [2H]C([2H])(Oc1nc(N2CCCCC2)c2cnc(-c3cc(O)cc4ccc(F)c(C#C)c34)c(F)c2n1)[C@@]12CCCN1C[C@H](F)C2. The van der Waals surface area contributed by atoms with Gasteiger partial charge in [0.2, 0.25) is 0 Å². The maximum absolute atomic E-state index is 16.7. The van der Waals surface area contributed by atoms with E-state index < -0.39 is 29.9 Å². The number of hydrogen-bond donors (Lipinski definition) is 1. The molecule has 0 bridgehead atoms. The second-order valence-corrected chi connectivity index (χ2v) is 11.3. The molecule has 3 saturated heterocycles. The van der Waals surface area contributed by atoms with Crippen molar-refractivity contribution < 1.29 is 25.8 Å². The van der Waals surface area contributed by atoms with Crippen molar-refractivity contribution in [3.05, 3.63) is 47.7 Å². The molecule has 3 aliphatic rings. The molecular formula is C32H30F3N5O2. The van der Waals surface area contributed by atoms with Crippen molar-refractivity contribution in [2.75, 3.05) is 37.6 Å². The van der Waals surface area contributed by atoms with E-state index in [0.29, 0.717) is 49.1 Å². The third-order valence-corrected chi connectivity index (χ3v) is 8.68. The van der Waals surface area contributed by atoms with Gasteiger partial charge in [-0.2, -0.15) is 9.97 Å².